The van der Waals surface area contributed by atoms with E-state index in [9.17, 15) is 19.5 Å². The number of piperazine rings is 1. The molecule has 3 fully saturated rings. The lowest BCUT2D eigenvalue weighted by Gasteiger charge is -2.34. The first kappa shape index (κ1) is 35.4. The number of carbonyl (C=O) groups excluding carboxylic acids is 2. The van der Waals surface area contributed by atoms with Crippen LogP contribution in [0.1, 0.15) is 25.7 Å². The topological polar surface area (TPSA) is 170 Å². The number of ether oxygens (including phenoxy) is 2. The zero-order valence-electron chi connectivity index (χ0n) is 25.7. The molecule has 47 heavy (non-hydrogen) atoms. The number of anilines is 2. The summed E-state index contributed by atoms with van der Waals surface area (Å²) < 4.78 is 26.4. The Morgan fingerprint density at radius 1 is 1.11 bits per heavy atom. The number of carbonyl (C=O) groups is 3. The lowest BCUT2D eigenvalue weighted by molar-refractivity contribution is -0.121. The number of unbranched alkanes of at least 4 members (excludes halogenated alkanes) is 1. The lowest BCUT2D eigenvalue weighted by atomic mass is 10.0. The van der Waals surface area contributed by atoms with E-state index in [4.69, 9.17) is 21.1 Å². The van der Waals surface area contributed by atoms with Crippen molar-refractivity contribution < 1.29 is 33.4 Å². The molecule has 0 spiro atoms. The summed E-state index contributed by atoms with van der Waals surface area (Å²) in [5.41, 5.74) is 0.0927. The molecule has 0 aliphatic carbocycles. The summed E-state index contributed by atoms with van der Waals surface area (Å²) in [6.07, 6.45) is 2.21. The van der Waals surface area contributed by atoms with Crippen molar-refractivity contribution in [3.05, 3.63) is 21.4 Å². The summed E-state index contributed by atoms with van der Waals surface area (Å²) in [5, 5.41) is 22.2. The van der Waals surface area contributed by atoms with Gasteiger partial charge in [0.25, 0.3) is 0 Å². The number of amides is 4. The number of urea groups is 1. The first-order valence-electron chi connectivity index (χ1n) is 15.6. The first-order chi connectivity index (χ1) is 22.7. The maximum absolute atomic E-state index is 15.2. The number of thioether (sulfide) groups is 1. The fourth-order valence-corrected chi connectivity index (χ4v) is 7.81. The maximum Gasteiger partial charge on any atom is 0.407 e. The molecular formula is C29H39BrClFN8O6S. The van der Waals surface area contributed by atoms with Gasteiger partial charge in [0, 0.05) is 62.1 Å². The van der Waals surface area contributed by atoms with Crippen molar-refractivity contribution in [2.45, 2.75) is 43.0 Å². The van der Waals surface area contributed by atoms with Gasteiger partial charge in [-0.2, -0.15) is 16.7 Å². The third kappa shape index (κ3) is 9.40. The van der Waals surface area contributed by atoms with Gasteiger partial charge >= 0.3 is 12.1 Å². The molecule has 0 bridgehead atoms. The molecule has 0 radical (unpaired) electrons. The van der Waals surface area contributed by atoms with Gasteiger partial charge in [-0.05, 0) is 34.8 Å². The van der Waals surface area contributed by atoms with Gasteiger partial charge in [0.15, 0.2) is 5.82 Å². The summed E-state index contributed by atoms with van der Waals surface area (Å²) in [7, 11) is 0. The Bertz CT molecular complexity index is 1440. The number of benzene rings is 1. The average molecular weight is 762 g/mol. The van der Waals surface area contributed by atoms with Crippen molar-refractivity contribution in [3.63, 3.8) is 0 Å². The predicted octanol–water partition coefficient (Wildman–Crippen LogP) is 3.27. The molecule has 14 nitrogen and oxygen atoms in total. The van der Waals surface area contributed by atoms with Crippen LogP contribution in [0, 0.1) is 5.82 Å². The molecule has 2 aromatic rings. The van der Waals surface area contributed by atoms with E-state index in [0.717, 1.165) is 25.0 Å². The molecule has 3 aliphatic heterocycles. The number of carboxylic acid groups (broad SMARTS) is 1. The van der Waals surface area contributed by atoms with Crippen molar-refractivity contribution >= 4 is 80.0 Å². The van der Waals surface area contributed by atoms with Crippen molar-refractivity contribution in [1.29, 1.82) is 0 Å². The van der Waals surface area contributed by atoms with Crippen LogP contribution in [0.5, 0.6) is 0 Å². The Kier molecular flexibility index (Phi) is 12.8. The predicted molar refractivity (Wildman–Crippen MR) is 181 cm³/mol. The van der Waals surface area contributed by atoms with Gasteiger partial charge in [0.05, 0.1) is 48.0 Å². The fourth-order valence-electron chi connectivity index (χ4n) is 5.77. The molecular weight excluding hydrogens is 723 g/mol. The highest BCUT2D eigenvalue weighted by atomic mass is 79.9. The molecule has 4 heterocycles. The van der Waals surface area contributed by atoms with E-state index >= 15 is 4.39 Å². The highest BCUT2D eigenvalue weighted by Gasteiger charge is 2.42. The molecule has 18 heteroatoms. The highest BCUT2D eigenvalue weighted by molar-refractivity contribution is 9.10. The fraction of sp³-hybridized carbons (Fsp3) is 0.621. The van der Waals surface area contributed by atoms with E-state index in [-0.39, 0.29) is 45.0 Å². The van der Waals surface area contributed by atoms with Crippen LogP contribution in [0.3, 0.4) is 0 Å². The van der Waals surface area contributed by atoms with E-state index < -0.39 is 11.9 Å². The number of halogens is 3. The quantitative estimate of drug-likeness (QED) is 0.0967. The summed E-state index contributed by atoms with van der Waals surface area (Å²) in [6, 6.07) is 1.94. The molecule has 3 aliphatic rings. The molecule has 1 aromatic heterocycles. The zero-order chi connectivity index (χ0) is 33.3. The molecule has 1 aromatic carbocycles. The minimum absolute atomic E-state index is 0.000588. The van der Waals surface area contributed by atoms with Gasteiger partial charge in [-0.25, -0.2) is 19.0 Å². The van der Waals surface area contributed by atoms with E-state index in [1.54, 1.807) is 6.07 Å². The molecule has 3 saturated heterocycles. The molecule has 0 saturated carbocycles. The SMILES string of the molecule is O=C(CCCC[C@@H]1SC[C@@H]2NC(=O)N[C@@H]21)NCCOCCOCCNc1nc(N2CCN(C(=O)O)CC2)c2cc(Cl)c(Br)c(F)c2n1. The molecule has 5 N–H and O–H groups in total. The van der Waals surface area contributed by atoms with Crippen LogP contribution in [-0.2, 0) is 14.3 Å². The Morgan fingerprint density at radius 3 is 2.60 bits per heavy atom. The van der Waals surface area contributed by atoms with Gasteiger partial charge in [0.2, 0.25) is 11.9 Å². The largest absolute Gasteiger partial charge is 0.465 e. The summed E-state index contributed by atoms with van der Waals surface area (Å²) >= 11 is 11.3. The Hall–Kier alpha value is -2.86. The first-order valence-corrected chi connectivity index (χ1v) is 17.9. The second-order valence-electron chi connectivity index (χ2n) is 11.4. The van der Waals surface area contributed by atoms with Crippen molar-refractivity contribution in [2.75, 3.05) is 81.7 Å². The normalized spacial score (nSPS) is 20.7. The van der Waals surface area contributed by atoms with Crippen LogP contribution in [0.4, 0.5) is 25.7 Å². The number of aromatic nitrogens is 2. The van der Waals surface area contributed by atoms with Crippen molar-refractivity contribution in [2.24, 2.45) is 0 Å². The maximum atomic E-state index is 15.2. The van der Waals surface area contributed by atoms with Crippen LogP contribution in [-0.4, -0.2) is 127 Å². The minimum atomic E-state index is -0.982. The second-order valence-corrected chi connectivity index (χ2v) is 13.9. The lowest BCUT2D eigenvalue weighted by Crippen LogP contribution is -2.48. The number of hydrogen-bond acceptors (Lipinski definition) is 10. The summed E-state index contributed by atoms with van der Waals surface area (Å²) in [5.74, 6) is 1.01. The van der Waals surface area contributed by atoms with Gasteiger partial charge < -0.3 is 45.6 Å². The number of nitrogens with one attached hydrogen (secondary N) is 4. The Balaban J connectivity index is 0.952. The third-order valence-electron chi connectivity index (χ3n) is 8.21. The molecule has 5 rings (SSSR count). The van der Waals surface area contributed by atoms with E-state index in [1.807, 2.05) is 16.7 Å². The smallest absolute Gasteiger partial charge is 0.407 e. The highest BCUT2D eigenvalue weighted by Crippen LogP contribution is 2.36. The van der Waals surface area contributed by atoms with Crippen molar-refractivity contribution in [3.8, 4) is 0 Å². The molecule has 0 unspecified atom stereocenters. The van der Waals surface area contributed by atoms with Crippen molar-refractivity contribution in [1.82, 2.24) is 30.8 Å². The number of nitrogens with zero attached hydrogens (tertiary/aromatic N) is 4. The van der Waals surface area contributed by atoms with Crippen LogP contribution in [0.2, 0.25) is 5.02 Å². The van der Waals surface area contributed by atoms with Gasteiger partial charge in [0.1, 0.15) is 11.3 Å². The number of hydrogen-bond donors (Lipinski definition) is 5. The standard InChI is InChI=1S/C29H39BrClFN8O6S/c30-22-18(31)15-17-24(23(22)32)36-27(38-26(17)39-7-9-40(10-8-39)29(43)44)34-6-12-46-14-13-45-11-5-33-21(41)4-2-1-3-20-25-19(16-47-20)35-28(42)37-25/h15,19-20,25H,1-14,16H2,(H,33,41)(H,43,44)(H,34,36,38)(H2,35,37,42)/t19-,20-,25-/m0/s1. The molecule has 3 atom stereocenters. The monoisotopic (exact) mass is 760 g/mol. The zero-order valence-corrected chi connectivity index (χ0v) is 28.9. The molecule has 258 valence electrons. The van der Waals surface area contributed by atoms with E-state index in [0.29, 0.717) is 88.6 Å². The third-order valence-corrected chi connectivity index (χ3v) is 11.0. The van der Waals surface area contributed by atoms with Gasteiger partial charge in [-0.1, -0.05) is 18.0 Å². The van der Waals surface area contributed by atoms with Gasteiger partial charge in [-0.3, -0.25) is 4.79 Å². The average Bonchev–Trinajstić information content (AvgIpc) is 3.62. The van der Waals surface area contributed by atoms with Gasteiger partial charge in [-0.15, -0.1) is 0 Å². The van der Waals surface area contributed by atoms with E-state index in [2.05, 4.69) is 47.2 Å². The second kappa shape index (κ2) is 17.0. The Morgan fingerprint density at radius 2 is 1.85 bits per heavy atom. The summed E-state index contributed by atoms with van der Waals surface area (Å²) in [4.78, 5) is 47.1. The molecule has 4 amide bonds. The van der Waals surface area contributed by atoms with Crippen LogP contribution in [0.15, 0.2) is 10.5 Å². The van der Waals surface area contributed by atoms with Crippen LogP contribution >= 0.6 is 39.3 Å². The minimum Gasteiger partial charge on any atom is -0.465 e. The van der Waals surface area contributed by atoms with E-state index in [1.165, 1.54) is 4.90 Å². The summed E-state index contributed by atoms with van der Waals surface area (Å²) in [6.45, 7) is 3.56. The Labute approximate surface area is 289 Å². The number of fused-ring (bicyclic) bond motifs is 2. The van der Waals surface area contributed by atoms with Crippen LogP contribution < -0.4 is 26.2 Å². The number of rotatable bonds is 16. The van der Waals surface area contributed by atoms with Crippen LogP contribution in [0.25, 0.3) is 10.9 Å².